The monoisotopic (exact) mass is 498 g/mol. The van der Waals surface area contributed by atoms with Crippen LogP contribution < -0.4 is 10.1 Å². The molecular formula is C26H31ClN4O2S. The molecular weight excluding hydrogens is 468 g/mol. The molecule has 3 rings (SSSR count). The van der Waals surface area contributed by atoms with Gasteiger partial charge in [-0.3, -0.25) is 9.36 Å². The zero-order chi connectivity index (χ0) is 24.7. The molecule has 0 aliphatic carbocycles. The summed E-state index contributed by atoms with van der Waals surface area (Å²) in [4.78, 5) is 12.8. The van der Waals surface area contributed by atoms with Crippen molar-refractivity contribution in [3.05, 3.63) is 76.6 Å². The number of carbonyl (C=O) groups is 1. The molecule has 6 nitrogen and oxygen atoms in total. The maximum Gasteiger partial charge on any atom is 0.234 e. The van der Waals surface area contributed by atoms with Crippen molar-refractivity contribution in [3.63, 3.8) is 0 Å². The Morgan fingerprint density at radius 2 is 1.94 bits per heavy atom. The number of aryl methyl sites for hydroxylation is 3. The average molecular weight is 499 g/mol. The maximum absolute atomic E-state index is 12.8. The third-order valence-corrected chi connectivity index (χ3v) is 6.66. The summed E-state index contributed by atoms with van der Waals surface area (Å²) in [5.41, 5.74) is 4.14. The molecule has 0 spiro atoms. The molecule has 34 heavy (non-hydrogen) atoms. The lowest BCUT2D eigenvalue weighted by molar-refractivity contribution is -0.113. The van der Waals surface area contributed by atoms with Gasteiger partial charge in [0.2, 0.25) is 5.91 Å². The number of hydrogen-bond acceptors (Lipinski definition) is 5. The van der Waals surface area contributed by atoms with E-state index in [9.17, 15) is 4.79 Å². The van der Waals surface area contributed by atoms with Crippen LogP contribution >= 0.6 is 23.4 Å². The largest absolute Gasteiger partial charge is 0.482 e. The number of para-hydroxylation sites is 1. The van der Waals surface area contributed by atoms with Crippen LogP contribution in [0.3, 0.4) is 0 Å². The SMILES string of the molecule is C=CCn1c(SCC(=O)Nc2c(CC)cccc2CC)nnc1C(C)Oc1ccc(Cl)cc1C. The average Bonchev–Trinajstić information content (AvgIpc) is 3.22. The van der Waals surface area contributed by atoms with Crippen molar-refractivity contribution in [1.82, 2.24) is 14.8 Å². The van der Waals surface area contributed by atoms with Crippen LogP contribution in [0, 0.1) is 6.92 Å². The zero-order valence-corrected chi connectivity index (χ0v) is 21.7. The highest BCUT2D eigenvalue weighted by atomic mass is 35.5. The van der Waals surface area contributed by atoms with Gasteiger partial charge in [0.05, 0.1) is 5.75 Å². The Morgan fingerprint density at radius 3 is 2.56 bits per heavy atom. The molecule has 1 N–H and O–H groups in total. The molecule has 1 atom stereocenters. The van der Waals surface area contributed by atoms with Crippen LogP contribution in [-0.2, 0) is 24.2 Å². The van der Waals surface area contributed by atoms with E-state index in [4.69, 9.17) is 16.3 Å². The first-order chi connectivity index (χ1) is 16.4. The molecule has 0 aliphatic rings. The Balaban J connectivity index is 1.72. The predicted octanol–water partition coefficient (Wildman–Crippen LogP) is 6.42. The molecule has 0 fully saturated rings. The molecule has 2 aromatic carbocycles. The first-order valence-electron chi connectivity index (χ1n) is 11.4. The summed E-state index contributed by atoms with van der Waals surface area (Å²) in [5.74, 6) is 1.56. The number of rotatable bonds is 11. The predicted molar refractivity (Wildman–Crippen MR) is 140 cm³/mol. The number of carbonyl (C=O) groups excluding carboxylic acids is 1. The number of thioether (sulfide) groups is 1. The first kappa shape index (κ1) is 25.8. The minimum absolute atomic E-state index is 0.0728. The second kappa shape index (κ2) is 12.1. The Labute approximate surface area is 210 Å². The smallest absolute Gasteiger partial charge is 0.234 e. The molecule has 0 saturated heterocycles. The topological polar surface area (TPSA) is 69.0 Å². The lowest BCUT2D eigenvalue weighted by Gasteiger charge is -2.17. The molecule has 0 saturated carbocycles. The van der Waals surface area contributed by atoms with Gasteiger partial charge in [-0.2, -0.15) is 0 Å². The van der Waals surface area contributed by atoms with E-state index in [0.717, 1.165) is 41.0 Å². The number of hydrogen-bond donors (Lipinski definition) is 1. The van der Waals surface area contributed by atoms with E-state index in [2.05, 4.69) is 48.1 Å². The fraction of sp³-hybridized carbons (Fsp3) is 0.346. The molecule has 1 aromatic heterocycles. The Kier molecular flexibility index (Phi) is 9.19. The number of benzene rings is 2. The van der Waals surface area contributed by atoms with Crippen LogP contribution in [-0.4, -0.2) is 26.4 Å². The molecule has 1 unspecified atom stereocenters. The zero-order valence-electron chi connectivity index (χ0n) is 20.1. The summed E-state index contributed by atoms with van der Waals surface area (Å²) < 4.78 is 8.07. The number of halogens is 1. The molecule has 1 heterocycles. The minimum Gasteiger partial charge on any atom is -0.482 e. The van der Waals surface area contributed by atoms with E-state index in [1.54, 1.807) is 12.1 Å². The van der Waals surface area contributed by atoms with Crippen LogP contribution in [0.25, 0.3) is 0 Å². The summed E-state index contributed by atoms with van der Waals surface area (Å²) in [6.07, 6.45) is 3.15. The summed E-state index contributed by atoms with van der Waals surface area (Å²) in [6, 6.07) is 11.7. The number of ether oxygens (including phenoxy) is 1. The van der Waals surface area contributed by atoms with E-state index >= 15 is 0 Å². The third-order valence-electron chi connectivity index (χ3n) is 5.46. The molecule has 0 aliphatic heterocycles. The van der Waals surface area contributed by atoms with Crippen LogP contribution in [0.4, 0.5) is 5.69 Å². The number of aromatic nitrogens is 3. The van der Waals surface area contributed by atoms with Crippen molar-refractivity contribution in [2.75, 3.05) is 11.1 Å². The minimum atomic E-state index is -0.348. The van der Waals surface area contributed by atoms with Crippen molar-refractivity contribution in [2.45, 2.75) is 58.3 Å². The van der Waals surface area contributed by atoms with Crippen LogP contribution in [0.2, 0.25) is 5.02 Å². The van der Waals surface area contributed by atoms with E-state index in [1.807, 2.05) is 36.6 Å². The van der Waals surface area contributed by atoms with Gasteiger partial charge in [-0.25, -0.2) is 0 Å². The highest BCUT2D eigenvalue weighted by Gasteiger charge is 2.21. The number of anilines is 1. The fourth-order valence-corrected chi connectivity index (χ4v) is 4.69. The van der Waals surface area contributed by atoms with Gasteiger partial charge in [0.1, 0.15) is 5.75 Å². The lowest BCUT2D eigenvalue weighted by Crippen LogP contribution is -2.17. The number of nitrogens with zero attached hydrogens (tertiary/aromatic N) is 3. The van der Waals surface area contributed by atoms with E-state index in [0.29, 0.717) is 22.5 Å². The second-order valence-corrected chi connectivity index (χ2v) is 9.28. The molecule has 0 bridgehead atoms. The van der Waals surface area contributed by atoms with Gasteiger partial charge >= 0.3 is 0 Å². The van der Waals surface area contributed by atoms with Gasteiger partial charge in [0.25, 0.3) is 0 Å². The van der Waals surface area contributed by atoms with Crippen molar-refractivity contribution < 1.29 is 9.53 Å². The maximum atomic E-state index is 12.8. The fourth-order valence-electron chi connectivity index (χ4n) is 3.71. The van der Waals surface area contributed by atoms with E-state index < -0.39 is 0 Å². The highest BCUT2D eigenvalue weighted by Crippen LogP contribution is 2.29. The lowest BCUT2D eigenvalue weighted by atomic mass is 10.0. The third kappa shape index (κ3) is 6.21. The van der Waals surface area contributed by atoms with Crippen LogP contribution in [0.1, 0.15) is 49.4 Å². The van der Waals surface area contributed by atoms with Gasteiger partial charge in [-0.05, 0) is 61.6 Å². The van der Waals surface area contributed by atoms with Gasteiger partial charge in [0, 0.05) is 17.3 Å². The quantitative estimate of drug-likeness (QED) is 0.244. The van der Waals surface area contributed by atoms with E-state index in [1.165, 1.54) is 11.8 Å². The summed E-state index contributed by atoms with van der Waals surface area (Å²) in [7, 11) is 0. The van der Waals surface area contributed by atoms with Crippen molar-refractivity contribution in [1.29, 1.82) is 0 Å². The molecule has 3 aromatic rings. The summed E-state index contributed by atoms with van der Waals surface area (Å²) in [5, 5.41) is 13.1. The Hall–Kier alpha value is -2.77. The molecule has 1 amide bonds. The number of allylic oxidation sites excluding steroid dienone is 1. The first-order valence-corrected chi connectivity index (χ1v) is 12.7. The summed E-state index contributed by atoms with van der Waals surface area (Å²) >= 11 is 7.40. The Morgan fingerprint density at radius 1 is 1.24 bits per heavy atom. The second-order valence-electron chi connectivity index (χ2n) is 7.91. The van der Waals surface area contributed by atoms with Gasteiger partial charge in [0.15, 0.2) is 17.1 Å². The van der Waals surface area contributed by atoms with Crippen LogP contribution in [0.15, 0.2) is 54.2 Å². The van der Waals surface area contributed by atoms with Crippen LogP contribution in [0.5, 0.6) is 5.75 Å². The van der Waals surface area contributed by atoms with Gasteiger partial charge < -0.3 is 10.1 Å². The molecule has 180 valence electrons. The number of nitrogens with one attached hydrogen (secondary N) is 1. The Bertz CT molecular complexity index is 1140. The van der Waals surface area contributed by atoms with Gasteiger partial charge in [-0.15, -0.1) is 16.8 Å². The molecule has 8 heteroatoms. The number of amides is 1. The van der Waals surface area contributed by atoms with Crippen molar-refractivity contribution >= 4 is 35.0 Å². The standard InChI is InChI=1S/C26H31ClN4O2S/c1-6-14-31-25(18(5)33-22-13-12-21(27)15-17(22)4)29-30-26(31)34-16-23(32)28-24-19(7-2)10-9-11-20(24)8-3/h6,9-13,15,18H,1,7-8,14,16H2,2-5H3,(H,28,32). The molecule has 0 radical (unpaired) electrons. The van der Waals surface area contributed by atoms with Gasteiger partial charge in [-0.1, -0.05) is 61.5 Å². The van der Waals surface area contributed by atoms with Crippen molar-refractivity contribution in [2.24, 2.45) is 0 Å². The normalized spacial score (nSPS) is 11.8. The highest BCUT2D eigenvalue weighted by molar-refractivity contribution is 7.99. The van der Waals surface area contributed by atoms with Crippen molar-refractivity contribution in [3.8, 4) is 5.75 Å². The van der Waals surface area contributed by atoms with E-state index in [-0.39, 0.29) is 17.8 Å². The summed E-state index contributed by atoms with van der Waals surface area (Å²) in [6.45, 7) is 12.4.